The third-order valence-corrected chi connectivity index (χ3v) is 4.91. The number of hydrogen-bond donors (Lipinski definition) is 1. The molecule has 1 amide bonds. The van der Waals surface area contributed by atoms with E-state index in [1.165, 1.54) is 7.11 Å². The van der Waals surface area contributed by atoms with E-state index in [0.717, 1.165) is 0 Å². The highest BCUT2D eigenvalue weighted by Crippen LogP contribution is 2.36. The molecule has 0 spiro atoms. The molecule has 2 rings (SSSR count). The smallest absolute Gasteiger partial charge is 0.492 e. The summed E-state index contributed by atoms with van der Waals surface area (Å²) in [6, 6.07) is 5.00. The van der Waals surface area contributed by atoms with Gasteiger partial charge in [0.05, 0.1) is 30.4 Å². The van der Waals surface area contributed by atoms with Crippen LogP contribution in [0.25, 0.3) is 0 Å². The number of alkyl carbamates (subject to hydrolysis) is 1. The van der Waals surface area contributed by atoms with E-state index in [-0.39, 0.29) is 13.2 Å². The standard InChI is InChI=1S/C21H32BNO7/c1-19(2,3)28-18(25)23-9-10-27-16-12-14(17(24)26-8)11-15(13-16)22-29-20(4,5)21(6,7)30-22/h11-13H,9-10H2,1-8H3,(H,23,25). The summed E-state index contributed by atoms with van der Waals surface area (Å²) in [7, 11) is 0.663. The first-order valence-electron chi connectivity index (χ1n) is 9.93. The number of carbonyl (C=O) groups excluding carboxylic acids is 2. The summed E-state index contributed by atoms with van der Waals surface area (Å²) in [5.74, 6) is -0.0568. The third-order valence-electron chi connectivity index (χ3n) is 4.91. The van der Waals surface area contributed by atoms with Crippen LogP contribution >= 0.6 is 0 Å². The second-order valence-electron chi connectivity index (χ2n) is 9.15. The van der Waals surface area contributed by atoms with E-state index in [1.54, 1.807) is 39.0 Å². The lowest BCUT2D eigenvalue weighted by molar-refractivity contribution is 0.00578. The van der Waals surface area contributed by atoms with E-state index >= 15 is 0 Å². The Morgan fingerprint density at radius 1 is 1.07 bits per heavy atom. The summed E-state index contributed by atoms with van der Waals surface area (Å²) in [6.07, 6.45) is -0.521. The van der Waals surface area contributed by atoms with Crippen LogP contribution in [0, 0.1) is 0 Å². The fourth-order valence-corrected chi connectivity index (χ4v) is 2.69. The zero-order valence-electron chi connectivity index (χ0n) is 19.1. The van der Waals surface area contributed by atoms with Gasteiger partial charge >= 0.3 is 19.2 Å². The van der Waals surface area contributed by atoms with Gasteiger partial charge in [-0.15, -0.1) is 0 Å². The summed E-state index contributed by atoms with van der Waals surface area (Å²) in [5, 5.41) is 2.62. The average molecular weight is 421 g/mol. The molecule has 0 atom stereocenters. The Labute approximate surface area is 178 Å². The van der Waals surface area contributed by atoms with E-state index in [9.17, 15) is 9.59 Å². The molecule has 9 heteroatoms. The summed E-state index contributed by atoms with van der Waals surface area (Å²) in [5.41, 5.74) is -0.641. The molecule has 30 heavy (non-hydrogen) atoms. The van der Waals surface area contributed by atoms with Gasteiger partial charge < -0.3 is 28.8 Å². The SMILES string of the molecule is COC(=O)c1cc(OCCNC(=O)OC(C)(C)C)cc(B2OC(C)(C)C(C)(C)O2)c1. The maximum absolute atomic E-state index is 12.1. The number of methoxy groups -OCH3 is 1. The maximum atomic E-state index is 12.1. The predicted molar refractivity (Wildman–Crippen MR) is 113 cm³/mol. The van der Waals surface area contributed by atoms with E-state index in [2.05, 4.69) is 5.32 Å². The minimum absolute atomic E-state index is 0.187. The monoisotopic (exact) mass is 421 g/mol. The molecule has 1 aliphatic heterocycles. The second kappa shape index (κ2) is 8.85. The Kier molecular flexibility index (Phi) is 7.09. The van der Waals surface area contributed by atoms with Crippen molar-refractivity contribution in [3.05, 3.63) is 23.8 Å². The summed E-state index contributed by atoms with van der Waals surface area (Å²) in [6.45, 7) is 13.6. The maximum Gasteiger partial charge on any atom is 0.494 e. The van der Waals surface area contributed by atoms with Crippen molar-refractivity contribution in [3.63, 3.8) is 0 Å². The Morgan fingerprint density at radius 3 is 2.20 bits per heavy atom. The van der Waals surface area contributed by atoms with Gasteiger partial charge in [0.15, 0.2) is 0 Å². The lowest BCUT2D eigenvalue weighted by atomic mass is 9.78. The molecule has 8 nitrogen and oxygen atoms in total. The van der Waals surface area contributed by atoms with Crippen LogP contribution in [0.15, 0.2) is 18.2 Å². The Balaban J connectivity index is 2.10. The highest BCUT2D eigenvalue weighted by Gasteiger charge is 2.51. The normalized spacial score (nSPS) is 17.4. The average Bonchev–Trinajstić information content (AvgIpc) is 2.84. The van der Waals surface area contributed by atoms with Crippen molar-refractivity contribution in [1.82, 2.24) is 5.32 Å². The number of ether oxygens (including phenoxy) is 3. The van der Waals surface area contributed by atoms with Gasteiger partial charge in [0.2, 0.25) is 0 Å². The molecule has 1 N–H and O–H groups in total. The minimum Gasteiger partial charge on any atom is -0.492 e. The molecule has 166 valence electrons. The molecule has 1 aromatic carbocycles. The first kappa shape index (κ1) is 24.0. The molecule has 0 aromatic heterocycles. The predicted octanol–water partition coefficient (Wildman–Crippen LogP) is 2.68. The van der Waals surface area contributed by atoms with Gasteiger partial charge in [0, 0.05) is 0 Å². The second-order valence-corrected chi connectivity index (χ2v) is 9.15. The third kappa shape index (κ3) is 6.12. The Hall–Kier alpha value is -2.26. The lowest BCUT2D eigenvalue weighted by Crippen LogP contribution is -2.41. The number of hydrogen-bond acceptors (Lipinski definition) is 7. The number of rotatable bonds is 6. The fourth-order valence-electron chi connectivity index (χ4n) is 2.69. The summed E-state index contributed by atoms with van der Waals surface area (Å²) >= 11 is 0. The van der Waals surface area contributed by atoms with E-state index in [1.807, 2.05) is 27.7 Å². The molecular formula is C21H32BNO7. The van der Waals surface area contributed by atoms with Gasteiger partial charge in [-0.3, -0.25) is 0 Å². The van der Waals surface area contributed by atoms with Crippen molar-refractivity contribution in [2.45, 2.75) is 65.3 Å². The van der Waals surface area contributed by atoms with Gasteiger partial charge in [-0.05, 0) is 72.1 Å². The van der Waals surface area contributed by atoms with Gasteiger partial charge in [0.1, 0.15) is 18.0 Å². The van der Waals surface area contributed by atoms with Crippen LogP contribution in [-0.4, -0.2) is 56.2 Å². The van der Waals surface area contributed by atoms with Crippen molar-refractivity contribution in [1.29, 1.82) is 0 Å². The molecule has 0 aliphatic carbocycles. The first-order chi connectivity index (χ1) is 13.7. The van der Waals surface area contributed by atoms with Gasteiger partial charge in [0.25, 0.3) is 0 Å². The van der Waals surface area contributed by atoms with Crippen LogP contribution in [0.5, 0.6) is 5.75 Å². The largest absolute Gasteiger partial charge is 0.494 e. The van der Waals surface area contributed by atoms with Gasteiger partial charge in [-0.25, -0.2) is 9.59 Å². The lowest BCUT2D eigenvalue weighted by Gasteiger charge is -2.32. The van der Waals surface area contributed by atoms with Crippen molar-refractivity contribution in [2.75, 3.05) is 20.3 Å². The number of amides is 1. The molecule has 1 fully saturated rings. The highest BCUT2D eigenvalue weighted by molar-refractivity contribution is 6.62. The van der Waals surface area contributed by atoms with Crippen LogP contribution in [0.1, 0.15) is 58.8 Å². The number of benzene rings is 1. The Bertz CT molecular complexity index is 770. The molecule has 0 saturated carbocycles. The minimum atomic E-state index is -0.651. The molecule has 0 bridgehead atoms. The quantitative estimate of drug-likeness (QED) is 0.429. The van der Waals surface area contributed by atoms with Crippen molar-refractivity contribution in [3.8, 4) is 5.75 Å². The number of nitrogens with one attached hydrogen (secondary N) is 1. The number of esters is 1. The molecule has 0 radical (unpaired) electrons. The first-order valence-corrected chi connectivity index (χ1v) is 9.93. The van der Waals surface area contributed by atoms with Crippen molar-refractivity contribution >= 4 is 24.6 Å². The van der Waals surface area contributed by atoms with Crippen LogP contribution < -0.4 is 15.5 Å². The molecule has 1 heterocycles. The van der Waals surface area contributed by atoms with E-state index in [4.69, 9.17) is 23.5 Å². The zero-order valence-corrected chi connectivity index (χ0v) is 19.1. The van der Waals surface area contributed by atoms with Crippen molar-refractivity contribution in [2.24, 2.45) is 0 Å². The summed E-state index contributed by atoms with van der Waals surface area (Å²) in [4.78, 5) is 23.8. The summed E-state index contributed by atoms with van der Waals surface area (Å²) < 4.78 is 27.9. The molecular weight excluding hydrogens is 389 g/mol. The molecule has 1 aromatic rings. The topological polar surface area (TPSA) is 92.3 Å². The fraction of sp³-hybridized carbons (Fsp3) is 0.619. The van der Waals surface area contributed by atoms with Crippen LogP contribution in [-0.2, 0) is 18.8 Å². The highest BCUT2D eigenvalue weighted by atomic mass is 16.7. The number of carbonyl (C=O) groups is 2. The Morgan fingerprint density at radius 2 is 1.67 bits per heavy atom. The molecule has 0 unspecified atom stereocenters. The van der Waals surface area contributed by atoms with Gasteiger partial charge in [-0.1, -0.05) is 0 Å². The van der Waals surface area contributed by atoms with Crippen LogP contribution in [0.4, 0.5) is 4.79 Å². The van der Waals surface area contributed by atoms with E-state index in [0.29, 0.717) is 16.8 Å². The van der Waals surface area contributed by atoms with Crippen molar-refractivity contribution < 1.29 is 33.1 Å². The van der Waals surface area contributed by atoms with Crippen LogP contribution in [0.3, 0.4) is 0 Å². The van der Waals surface area contributed by atoms with E-state index < -0.39 is 36.0 Å². The van der Waals surface area contributed by atoms with Crippen LogP contribution in [0.2, 0.25) is 0 Å². The van der Waals surface area contributed by atoms with Gasteiger partial charge in [-0.2, -0.15) is 0 Å². The molecule has 1 aliphatic rings. The zero-order chi connectivity index (χ0) is 22.7. The molecule has 1 saturated heterocycles.